The molecule has 0 spiro atoms. The summed E-state index contributed by atoms with van der Waals surface area (Å²) in [5.74, 6) is 1.38. The summed E-state index contributed by atoms with van der Waals surface area (Å²) >= 11 is 0. The zero-order valence-corrected chi connectivity index (χ0v) is 10.7. The van der Waals surface area contributed by atoms with Gasteiger partial charge in [-0.15, -0.1) is 0 Å². The molecule has 1 N–H and O–H groups in total. The second-order valence-electron chi connectivity index (χ2n) is 4.60. The quantitative estimate of drug-likeness (QED) is 0.792. The second-order valence-corrected chi connectivity index (χ2v) is 4.60. The number of aryl methyl sites for hydroxylation is 1. The lowest BCUT2D eigenvalue weighted by atomic mass is 10.0. The molecular weight excluding hydrogens is 202 g/mol. The first-order chi connectivity index (χ1) is 7.54. The number of aromatic nitrogens is 2. The van der Waals surface area contributed by atoms with Crippen molar-refractivity contribution >= 4 is 0 Å². The van der Waals surface area contributed by atoms with Gasteiger partial charge in [-0.3, -0.25) is 4.90 Å². The second kappa shape index (κ2) is 6.01. The van der Waals surface area contributed by atoms with Gasteiger partial charge in [0.25, 0.3) is 0 Å². The van der Waals surface area contributed by atoms with Gasteiger partial charge in [0.15, 0.2) is 0 Å². The molecule has 0 aliphatic carbocycles. The Morgan fingerprint density at radius 2 is 2.25 bits per heavy atom. The Morgan fingerprint density at radius 1 is 1.56 bits per heavy atom. The highest BCUT2D eigenvalue weighted by Gasteiger charge is 2.15. The molecule has 0 saturated heterocycles. The molecule has 1 rings (SSSR count). The number of imidazole rings is 1. The molecule has 4 nitrogen and oxygen atoms in total. The van der Waals surface area contributed by atoms with E-state index < -0.39 is 0 Å². The molecular formula is C12H23N3O. The maximum Gasteiger partial charge on any atom is 0.122 e. The lowest BCUT2D eigenvalue weighted by Gasteiger charge is -2.23. The van der Waals surface area contributed by atoms with Crippen LogP contribution in [0.25, 0.3) is 0 Å². The monoisotopic (exact) mass is 225 g/mol. The molecule has 1 aromatic rings. The van der Waals surface area contributed by atoms with Gasteiger partial charge < -0.3 is 9.67 Å². The van der Waals surface area contributed by atoms with E-state index in [9.17, 15) is 5.11 Å². The molecule has 1 aromatic heterocycles. The van der Waals surface area contributed by atoms with Crippen LogP contribution in [0.5, 0.6) is 0 Å². The van der Waals surface area contributed by atoms with Crippen LogP contribution in [0.3, 0.4) is 0 Å². The molecule has 0 bridgehead atoms. The normalized spacial score (nSPS) is 15.4. The highest BCUT2D eigenvalue weighted by molar-refractivity contribution is 4.90. The van der Waals surface area contributed by atoms with Crippen LogP contribution in [0.4, 0.5) is 0 Å². The SMILES string of the molecule is CCC(C)C(O)CN(C)Cc1nccn1C. The predicted molar refractivity (Wildman–Crippen MR) is 65.0 cm³/mol. The minimum absolute atomic E-state index is 0.254. The third-order valence-electron chi connectivity index (χ3n) is 3.13. The molecule has 0 aromatic carbocycles. The fourth-order valence-electron chi connectivity index (χ4n) is 1.63. The Hall–Kier alpha value is -0.870. The van der Waals surface area contributed by atoms with Gasteiger partial charge in [0, 0.05) is 26.0 Å². The standard InChI is InChI=1S/C12H23N3O/c1-5-10(2)11(16)8-14(3)9-12-13-6-7-15(12)4/h6-7,10-11,16H,5,8-9H2,1-4H3. The summed E-state index contributed by atoms with van der Waals surface area (Å²) in [4.78, 5) is 6.38. The minimum atomic E-state index is -0.254. The first-order valence-corrected chi connectivity index (χ1v) is 5.87. The van der Waals surface area contributed by atoms with Crippen LogP contribution >= 0.6 is 0 Å². The van der Waals surface area contributed by atoms with Crippen molar-refractivity contribution in [3.8, 4) is 0 Å². The van der Waals surface area contributed by atoms with Crippen LogP contribution in [-0.4, -0.2) is 39.3 Å². The Balaban J connectivity index is 2.42. The van der Waals surface area contributed by atoms with Crippen molar-refractivity contribution in [1.29, 1.82) is 0 Å². The van der Waals surface area contributed by atoms with E-state index in [0.717, 1.165) is 18.8 Å². The van der Waals surface area contributed by atoms with E-state index in [1.165, 1.54) is 0 Å². The third-order valence-corrected chi connectivity index (χ3v) is 3.13. The average Bonchev–Trinajstić information content (AvgIpc) is 2.63. The first kappa shape index (κ1) is 13.2. The molecule has 0 radical (unpaired) electrons. The molecule has 0 fully saturated rings. The van der Waals surface area contributed by atoms with Crippen LogP contribution in [0.2, 0.25) is 0 Å². The van der Waals surface area contributed by atoms with Gasteiger partial charge in [0.05, 0.1) is 12.6 Å². The van der Waals surface area contributed by atoms with E-state index in [1.807, 2.05) is 24.9 Å². The average molecular weight is 225 g/mol. The van der Waals surface area contributed by atoms with E-state index in [-0.39, 0.29) is 6.10 Å². The number of rotatable bonds is 6. The topological polar surface area (TPSA) is 41.3 Å². The van der Waals surface area contributed by atoms with Crippen molar-refractivity contribution in [3.63, 3.8) is 0 Å². The summed E-state index contributed by atoms with van der Waals surface area (Å²) in [5.41, 5.74) is 0. The number of likely N-dealkylation sites (N-methyl/N-ethyl adjacent to an activating group) is 1. The van der Waals surface area contributed by atoms with Gasteiger partial charge in [0.1, 0.15) is 5.82 Å². The zero-order valence-electron chi connectivity index (χ0n) is 10.7. The first-order valence-electron chi connectivity index (χ1n) is 5.87. The molecule has 0 amide bonds. The van der Waals surface area contributed by atoms with Crippen molar-refractivity contribution in [2.24, 2.45) is 13.0 Å². The Bertz CT molecular complexity index is 311. The van der Waals surface area contributed by atoms with Crippen LogP contribution in [0.1, 0.15) is 26.1 Å². The Labute approximate surface area is 97.9 Å². The summed E-state index contributed by atoms with van der Waals surface area (Å²) < 4.78 is 2.01. The third kappa shape index (κ3) is 3.61. The molecule has 92 valence electrons. The molecule has 0 aliphatic heterocycles. The fourth-order valence-corrected chi connectivity index (χ4v) is 1.63. The Morgan fingerprint density at radius 3 is 2.75 bits per heavy atom. The maximum absolute atomic E-state index is 9.92. The van der Waals surface area contributed by atoms with E-state index in [1.54, 1.807) is 6.20 Å². The summed E-state index contributed by atoms with van der Waals surface area (Å²) in [5, 5.41) is 9.92. The van der Waals surface area contributed by atoms with E-state index >= 15 is 0 Å². The zero-order chi connectivity index (χ0) is 12.1. The number of aliphatic hydroxyl groups excluding tert-OH is 1. The molecule has 16 heavy (non-hydrogen) atoms. The van der Waals surface area contributed by atoms with Crippen molar-refractivity contribution < 1.29 is 5.11 Å². The molecule has 4 heteroatoms. The molecule has 2 unspecified atom stereocenters. The maximum atomic E-state index is 9.92. The summed E-state index contributed by atoms with van der Waals surface area (Å²) in [6.45, 7) is 5.66. The van der Waals surface area contributed by atoms with Crippen molar-refractivity contribution in [2.75, 3.05) is 13.6 Å². The van der Waals surface area contributed by atoms with Crippen LogP contribution < -0.4 is 0 Å². The number of aliphatic hydroxyl groups is 1. The van der Waals surface area contributed by atoms with Gasteiger partial charge in [0.2, 0.25) is 0 Å². The highest BCUT2D eigenvalue weighted by atomic mass is 16.3. The van der Waals surface area contributed by atoms with Crippen molar-refractivity contribution in [2.45, 2.75) is 32.9 Å². The summed E-state index contributed by atoms with van der Waals surface area (Å²) in [6, 6.07) is 0. The molecule has 0 saturated carbocycles. The number of nitrogens with zero attached hydrogens (tertiary/aromatic N) is 3. The smallest absolute Gasteiger partial charge is 0.122 e. The van der Waals surface area contributed by atoms with Gasteiger partial charge in [-0.25, -0.2) is 4.98 Å². The van der Waals surface area contributed by atoms with Gasteiger partial charge >= 0.3 is 0 Å². The largest absolute Gasteiger partial charge is 0.392 e. The lowest BCUT2D eigenvalue weighted by molar-refractivity contribution is 0.0744. The molecule has 0 aliphatic rings. The summed E-state index contributed by atoms with van der Waals surface area (Å²) in [7, 11) is 4.00. The predicted octanol–water partition coefficient (Wildman–Crippen LogP) is 1.26. The number of hydrogen-bond donors (Lipinski definition) is 1. The van der Waals surface area contributed by atoms with Crippen molar-refractivity contribution in [1.82, 2.24) is 14.5 Å². The van der Waals surface area contributed by atoms with Crippen molar-refractivity contribution in [3.05, 3.63) is 18.2 Å². The fraction of sp³-hybridized carbons (Fsp3) is 0.750. The van der Waals surface area contributed by atoms with Crippen LogP contribution in [-0.2, 0) is 13.6 Å². The van der Waals surface area contributed by atoms with Crippen LogP contribution in [0.15, 0.2) is 12.4 Å². The summed E-state index contributed by atoms with van der Waals surface area (Å²) in [6.07, 6.45) is 4.50. The highest BCUT2D eigenvalue weighted by Crippen LogP contribution is 2.09. The lowest BCUT2D eigenvalue weighted by Crippen LogP contribution is -2.33. The van der Waals surface area contributed by atoms with E-state index in [2.05, 4.69) is 23.7 Å². The van der Waals surface area contributed by atoms with Gasteiger partial charge in [-0.1, -0.05) is 20.3 Å². The Kier molecular flexibility index (Phi) is 4.96. The van der Waals surface area contributed by atoms with E-state index in [4.69, 9.17) is 0 Å². The minimum Gasteiger partial charge on any atom is -0.392 e. The van der Waals surface area contributed by atoms with Gasteiger partial charge in [-0.2, -0.15) is 0 Å². The number of hydrogen-bond acceptors (Lipinski definition) is 3. The molecule has 2 atom stereocenters. The van der Waals surface area contributed by atoms with Gasteiger partial charge in [-0.05, 0) is 13.0 Å². The van der Waals surface area contributed by atoms with Crippen LogP contribution in [0, 0.1) is 5.92 Å². The molecule has 1 heterocycles. The van der Waals surface area contributed by atoms with E-state index in [0.29, 0.717) is 12.5 Å².